The van der Waals surface area contributed by atoms with Crippen LogP contribution < -0.4 is 16.0 Å². The normalized spacial score (nSPS) is 21.5. The van der Waals surface area contributed by atoms with E-state index in [0.29, 0.717) is 24.3 Å². The fraction of sp³-hybridized carbons (Fsp3) is 0.522. The molecular weight excluding hydrogens is 520 g/mol. The predicted molar refractivity (Wildman–Crippen MR) is 137 cm³/mol. The summed E-state index contributed by atoms with van der Waals surface area (Å²) in [6, 6.07) is 1.74. The maximum absolute atomic E-state index is 13.2. The van der Waals surface area contributed by atoms with Crippen molar-refractivity contribution in [2.45, 2.75) is 44.3 Å². The van der Waals surface area contributed by atoms with Gasteiger partial charge in [-0.2, -0.15) is 0 Å². The Balaban J connectivity index is 1.45. The minimum atomic E-state index is -0.926. The zero-order chi connectivity index (χ0) is 26.7. The molecule has 3 atom stereocenters. The molecule has 0 saturated heterocycles. The van der Waals surface area contributed by atoms with Crippen molar-refractivity contribution in [2.75, 3.05) is 33.0 Å². The average Bonchev–Trinajstić information content (AvgIpc) is 3.29. The smallest absolute Gasteiger partial charge is 0.314 e. The Hall–Kier alpha value is -3.16. The van der Waals surface area contributed by atoms with Crippen molar-refractivity contribution in [1.82, 2.24) is 35.6 Å². The quantitative estimate of drug-likeness (QED) is 0.462. The van der Waals surface area contributed by atoms with Crippen LogP contribution in [0.5, 0.6) is 0 Å². The van der Waals surface area contributed by atoms with Gasteiger partial charge in [-0.3, -0.25) is 19.2 Å². The number of amides is 4. The SMILES string of the molecule is CN1CCc2nc(C(=O)N[C@@H]3C[C@@H](C(=O)N(C)C)CC[C@@H]3NC(=O)C(=O)Nc3ccc(Cl)nn3)sc2C1. The van der Waals surface area contributed by atoms with Crippen LogP contribution in [0.25, 0.3) is 0 Å². The second-order valence-electron chi connectivity index (χ2n) is 9.47. The van der Waals surface area contributed by atoms with Crippen molar-refractivity contribution < 1.29 is 19.2 Å². The average molecular weight is 549 g/mol. The van der Waals surface area contributed by atoms with Gasteiger partial charge in [-0.1, -0.05) is 11.6 Å². The Labute approximate surface area is 223 Å². The molecule has 0 bridgehead atoms. The van der Waals surface area contributed by atoms with Gasteiger partial charge in [-0.25, -0.2) is 4.98 Å². The summed E-state index contributed by atoms with van der Waals surface area (Å²) >= 11 is 7.05. The molecule has 0 radical (unpaired) electrons. The van der Waals surface area contributed by atoms with E-state index in [1.807, 2.05) is 7.05 Å². The molecule has 1 fully saturated rings. The summed E-state index contributed by atoms with van der Waals surface area (Å²) < 4.78 is 0. The maximum Gasteiger partial charge on any atom is 0.314 e. The summed E-state index contributed by atoms with van der Waals surface area (Å²) in [6.07, 6.45) is 2.03. The summed E-state index contributed by atoms with van der Waals surface area (Å²) in [5.41, 5.74) is 0.935. The van der Waals surface area contributed by atoms with E-state index in [0.717, 1.165) is 30.1 Å². The fourth-order valence-corrected chi connectivity index (χ4v) is 5.72. The molecule has 1 aliphatic carbocycles. The molecule has 1 aliphatic heterocycles. The van der Waals surface area contributed by atoms with Crippen LogP contribution in [0, 0.1) is 5.92 Å². The van der Waals surface area contributed by atoms with E-state index in [1.54, 1.807) is 14.1 Å². The Morgan fingerprint density at radius 2 is 1.86 bits per heavy atom. The molecular formula is C23H29ClN8O4S. The van der Waals surface area contributed by atoms with Gasteiger partial charge in [0.05, 0.1) is 11.7 Å². The highest BCUT2D eigenvalue weighted by Gasteiger charge is 2.37. The molecule has 37 heavy (non-hydrogen) atoms. The number of carbonyl (C=O) groups is 4. The highest BCUT2D eigenvalue weighted by Crippen LogP contribution is 2.28. The third-order valence-electron chi connectivity index (χ3n) is 6.47. The number of halogens is 1. The molecule has 2 aliphatic rings. The molecule has 14 heteroatoms. The molecule has 4 rings (SSSR count). The molecule has 2 aromatic rings. The summed E-state index contributed by atoms with van der Waals surface area (Å²) in [5.74, 6) is -2.45. The van der Waals surface area contributed by atoms with Crippen LogP contribution in [0.2, 0.25) is 5.15 Å². The van der Waals surface area contributed by atoms with Crippen LogP contribution in [0.4, 0.5) is 5.82 Å². The molecule has 3 N–H and O–H groups in total. The van der Waals surface area contributed by atoms with E-state index in [9.17, 15) is 19.2 Å². The number of carbonyl (C=O) groups excluding carboxylic acids is 4. The van der Waals surface area contributed by atoms with E-state index in [4.69, 9.17) is 11.6 Å². The Kier molecular flexibility index (Phi) is 8.35. The van der Waals surface area contributed by atoms with E-state index in [1.165, 1.54) is 28.4 Å². The molecule has 1 saturated carbocycles. The van der Waals surface area contributed by atoms with Crippen LogP contribution in [-0.2, 0) is 27.3 Å². The van der Waals surface area contributed by atoms with Gasteiger partial charge in [0.2, 0.25) is 5.91 Å². The molecule has 3 heterocycles. The number of hydrogen-bond acceptors (Lipinski definition) is 9. The van der Waals surface area contributed by atoms with Crippen LogP contribution in [0.1, 0.15) is 39.6 Å². The van der Waals surface area contributed by atoms with Crippen molar-refractivity contribution in [1.29, 1.82) is 0 Å². The third kappa shape index (κ3) is 6.59. The number of anilines is 1. The minimum Gasteiger partial charge on any atom is -0.349 e. The van der Waals surface area contributed by atoms with Gasteiger partial charge in [0.15, 0.2) is 16.0 Å². The lowest BCUT2D eigenvalue weighted by atomic mass is 9.81. The standard InChI is InChI=1S/C23H29ClN8O4S/c1-31(2)23(36)12-4-5-13(25-19(33)20(34)28-18-7-6-17(24)29-30-18)15(10-12)26-21(35)22-27-14-8-9-32(3)11-16(14)37-22/h6-7,12-13,15H,4-5,8-11H2,1-3H3,(H,25,33)(H,26,35)(H,28,30,34)/t12-,13-,15+/m0/s1. The van der Waals surface area contributed by atoms with Crippen LogP contribution in [0.15, 0.2) is 12.1 Å². The molecule has 0 aromatic carbocycles. The number of likely N-dealkylation sites (N-methyl/N-ethyl adjacent to an activating group) is 1. The van der Waals surface area contributed by atoms with E-state index in [2.05, 4.69) is 36.0 Å². The van der Waals surface area contributed by atoms with Gasteiger partial charge >= 0.3 is 11.8 Å². The lowest BCUT2D eigenvalue weighted by molar-refractivity contribution is -0.137. The van der Waals surface area contributed by atoms with Crippen molar-refractivity contribution in [3.8, 4) is 0 Å². The first-order valence-electron chi connectivity index (χ1n) is 11.9. The second-order valence-corrected chi connectivity index (χ2v) is 10.9. The van der Waals surface area contributed by atoms with E-state index < -0.39 is 23.9 Å². The second kappa shape index (κ2) is 11.5. The number of hydrogen-bond donors (Lipinski definition) is 3. The first kappa shape index (κ1) is 26.9. The highest BCUT2D eigenvalue weighted by atomic mass is 35.5. The van der Waals surface area contributed by atoms with Crippen molar-refractivity contribution in [2.24, 2.45) is 5.92 Å². The van der Waals surface area contributed by atoms with Gasteiger partial charge in [-0.05, 0) is 38.4 Å². The summed E-state index contributed by atoms with van der Waals surface area (Å²) in [4.78, 5) is 60.2. The number of rotatable bonds is 5. The molecule has 12 nitrogen and oxygen atoms in total. The first-order chi connectivity index (χ1) is 17.6. The zero-order valence-corrected chi connectivity index (χ0v) is 22.4. The van der Waals surface area contributed by atoms with Crippen molar-refractivity contribution >= 4 is 52.4 Å². The molecule has 4 amide bonds. The van der Waals surface area contributed by atoms with Crippen LogP contribution in [-0.4, -0.2) is 88.4 Å². The van der Waals surface area contributed by atoms with Crippen LogP contribution >= 0.6 is 22.9 Å². The van der Waals surface area contributed by atoms with Crippen LogP contribution in [0.3, 0.4) is 0 Å². The lowest BCUT2D eigenvalue weighted by Crippen LogP contribution is -2.57. The molecule has 198 valence electrons. The fourth-order valence-electron chi connectivity index (χ4n) is 4.53. The minimum absolute atomic E-state index is 0.0455. The Morgan fingerprint density at radius 1 is 1.08 bits per heavy atom. The van der Waals surface area contributed by atoms with Gasteiger partial charge in [0.1, 0.15) is 0 Å². The predicted octanol–water partition coefficient (Wildman–Crippen LogP) is 0.685. The van der Waals surface area contributed by atoms with Gasteiger partial charge in [0, 0.05) is 50.4 Å². The molecule has 0 spiro atoms. The molecule has 0 unspecified atom stereocenters. The zero-order valence-electron chi connectivity index (χ0n) is 20.8. The summed E-state index contributed by atoms with van der Waals surface area (Å²) in [5, 5.41) is 15.9. The topological polar surface area (TPSA) is 150 Å². The highest BCUT2D eigenvalue weighted by molar-refractivity contribution is 7.13. The van der Waals surface area contributed by atoms with Gasteiger partial charge in [0.25, 0.3) is 5.91 Å². The number of thiazole rings is 1. The summed E-state index contributed by atoms with van der Waals surface area (Å²) in [6.45, 7) is 1.63. The summed E-state index contributed by atoms with van der Waals surface area (Å²) in [7, 11) is 5.39. The lowest BCUT2D eigenvalue weighted by Gasteiger charge is -2.37. The van der Waals surface area contributed by atoms with Crippen molar-refractivity contribution in [3.05, 3.63) is 32.9 Å². The molecule has 2 aromatic heterocycles. The Morgan fingerprint density at radius 3 is 2.57 bits per heavy atom. The number of nitrogens with one attached hydrogen (secondary N) is 3. The maximum atomic E-state index is 13.2. The number of fused-ring (bicyclic) bond motifs is 1. The third-order valence-corrected chi connectivity index (χ3v) is 7.75. The van der Waals surface area contributed by atoms with Gasteiger partial charge in [-0.15, -0.1) is 21.5 Å². The van der Waals surface area contributed by atoms with E-state index >= 15 is 0 Å². The number of aromatic nitrogens is 3. The van der Waals surface area contributed by atoms with E-state index in [-0.39, 0.29) is 28.7 Å². The largest absolute Gasteiger partial charge is 0.349 e. The van der Waals surface area contributed by atoms with Crippen molar-refractivity contribution in [3.63, 3.8) is 0 Å². The number of nitrogens with zero attached hydrogens (tertiary/aromatic N) is 5. The van der Waals surface area contributed by atoms with Gasteiger partial charge < -0.3 is 25.8 Å². The Bertz CT molecular complexity index is 1190. The monoisotopic (exact) mass is 548 g/mol. The first-order valence-corrected chi connectivity index (χ1v) is 13.1.